The van der Waals surface area contributed by atoms with Crippen molar-refractivity contribution in [1.82, 2.24) is 4.98 Å². The van der Waals surface area contributed by atoms with Crippen molar-refractivity contribution < 1.29 is 19.1 Å². The Balaban J connectivity index is 1.33. The summed E-state index contributed by atoms with van der Waals surface area (Å²) in [7, 11) is 0. The normalized spacial score (nSPS) is 15.0. The number of nitrogens with zero attached hydrogens (tertiary/aromatic N) is 3. The molecule has 0 saturated carbocycles. The number of esters is 1. The molecular weight excluding hydrogens is 454 g/mol. The number of carbonyl (C=O) groups excluding carboxylic acids is 3. The predicted octanol–water partition coefficient (Wildman–Crippen LogP) is 2.80. The van der Waals surface area contributed by atoms with Gasteiger partial charge in [0.05, 0.1) is 17.8 Å². The lowest BCUT2D eigenvalue weighted by atomic mass is 10.1. The second kappa shape index (κ2) is 10.3. The molecule has 1 atom stereocenters. The van der Waals surface area contributed by atoms with E-state index < -0.39 is 17.9 Å². The van der Waals surface area contributed by atoms with Crippen LogP contribution in [0.15, 0.2) is 65.1 Å². The maximum atomic E-state index is 12.6. The van der Waals surface area contributed by atoms with Crippen LogP contribution in [0.5, 0.6) is 0 Å². The molecule has 0 spiro atoms. The Labute approximate surface area is 200 Å². The third-order valence-electron chi connectivity index (χ3n) is 5.18. The van der Waals surface area contributed by atoms with Gasteiger partial charge in [-0.15, -0.1) is 11.3 Å². The van der Waals surface area contributed by atoms with Gasteiger partial charge in [0, 0.05) is 17.5 Å². The second-order valence-corrected chi connectivity index (χ2v) is 8.64. The summed E-state index contributed by atoms with van der Waals surface area (Å²) in [6.07, 6.45) is 0.177. The third kappa shape index (κ3) is 5.46. The molecule has 0 fully saturated rings. The molecule has 4 rings (SSSR count). The summed E-state index contributed by atoms with van der Waals surface area (Å²) in [6.45, 7) is 1.85. The van der Waals surface area contributed by atoms with Gasteiger partial charge < -0.3 is 15.8 Å². The van der Waals surface area contributed by atoms with Gasteiger partial charge in [-0.3, -0.25) is 14.6 Å². The number of amides is 2. The number of ether oxygens (including phenoxy) is 1. The lowest BCUT2D eigenvalue weighted by molar-refractivity contribution is -0.137. The number of thiazole rings is 1. The molecular formula is C24H23N5O4S. The summed E-state index contributed by atoms with van der Waals surface area (Å²) in [5, 5.41) is 10.9. The van der Waals surface area contributed by atoms with E-state index in [-0.39, 0.29) is 31.1 Å². The zero-order chi connectivity index (χ0) is 24.1. The van der Waals surface area contributed by atoms with E-state index in [9.17, 15) is 14.4 Å². The van der Waals surface area contributed by atoms with E-state index in [1.807, 2.05) is 37.3 Å². The second-order valence-electron chi connectivity index (χ2n) is 7.70. The minimum Gasteiger partial charge on any atom is -0.455 e. The molecule has 0 bridgehead atoms. The Morgan fingerprint density at radius 1 is 1.15 bits per heavy atom. The Morgan fingerprint density at radius 2 is 1.88 bits per heavy atom. The van der Waals surface area contributed by atoms with E-state index in [0.29, 0.717) is 16.4 Å². The first-order chi connectivity index (χ1) is 16.4. The van der Waals surface area contributed by atoms with Crippen molar-refractivity contribution in [2.75, 3.05) is 10.3 Å². The molecule has 0 saturated heterocycles. The van der Waals surface area contributed by atoms with E-state index in [1.54, 1.807) is 29.6 Å². The number of aryl methyl sites for hydroxylation is 1. The molecule has 1 aromatic heterocycles. The van der Waals surface area contributed by atoms with Gasteiger partial charge in [0.1, 0.15) is 23.4 Å². The summed E-state index contributed by atoms with van der Waals surface area (Å²) >= 11 is 1.32. The zero-order valence-electron chi connectivity index (χ0n) is 18.4. The van der Waals surface area contributed by atoms with Crippen LogP contribution in [0, 0.1) is 6.92 Å². The first kappa shape index (κ1) is 23.1. The fraction of sp³-hybridized carbons (Fsp3) is 0.208. The van der Waals surface area contributed by atoms with Crippen LogP contribution in [0.3, 0.4) is 0 Å². The monoisotopic (exact) mass is 477 g/mol. The van der Waals surface area contributed by atoms with Crippen molar-refractivity contribution in [2.45, 2.75) is 32.4 Å². The molecule has 2 amide bonds. The number of hydrogen-bond acceptors (Lipinski definition) is 8. The number of nitrogens with two attached hydrogens (primary N) is 1. The number of hydrogen-bond donors (Lipinski definition) is 2. The molecule has 1 aliphatic rings. The van der Waals surface area contributed by atoms with E-state index in [2.05, 4.69) is 15.4 Å². The van der Waals surface area contributed by atoms with E-state index in [4.69, 9.17) is 10.5 Å². The number of primary amides is 1. The Bertz CT molecular complexity index is 1240. The molecule has 9 nitrogen and oxygen atoms in total. The van der Waals surface area contributed by atoms with Gasteiger partial charge >= 0.3 is 5.97 Å². The smallest absolute Gasteiger partial charge is 0.354 e. The largest absolute Gasteiger partial charge is 0.455 e. The summed E-state index contributed by atoms with van der Waals surface area (Å²) in [6, 6.07) is 15.8. The predicted molar refractivity (Wildman–Crippen MR) is 129 cm³/mol. The molecule has 2 heterocycles. The average molecular weight is 478 g/mol. The molecule has 0 radical (unpaired) electrons. The average Bonchev–Trinajstić information content (AvgIpc) is 3.47. The van der Waals surface area contributed by atoms with Gasteiger partial charge in [-0.25, -0.2) is 9.78 Å². The van der Waals surface area contributed by atoms with Crippen LogP contribution < -0.4 is 16.1 Å². The standard InChI is InChI=1S/C24H23N5O4S/c1-15-7-5-6-10-18(15)27-21(30)12-22-26-16(14-34-22)13-33-24(32)19-11-20(23(25)31)29(28-19)17-8-3-2-4-9-17/h2-10,14,20H,11-13H2,1H3,(H2,25,31)(H,27,30)/t20-/m1/s1. The number of anilines is 2. The summed E-state index contributed by atoms with van der Waals surface area (Å²) in [4.78, 5) is 41.1. The topological polar surface area (TPSA) is 127 Å². The first-order valence-electron chi connectivity index (χ1n) is 10.6. The van der Waals surface area contributed by atoms with Crippen molar-refractivity contribution >= 4 is 46.2 Å². The summed E-state index contributed by atoms with van der Waals surface area (Å²) < 4.78 is 5.35. The lowest BCUT2D eigenvalue weighted by Crippen LogP contribution is -2.39. The maximum absolute atomic E-state index is 12.6. The Morgan fingerprint density at radius 3 is 2.62 bits per heavy atom. The number of aromatic nitrogens is 1. The van der Waals surface area contributed by atoms with Gasteiger partial charge in [0.2, 0.25) is 11.8 Å². The van der Waals surface area contributed by atoms with Crippen molar-refractivity contribution in [1.29, 1.82) is 0 Å². The maximum Gasteiger partial charge on any atom is 0.354 e. The van der Waals surface area contributed by atoms with Crippen molar-refractivity contribution in [3.05, 3.63) is 76.2 Å². The van der Waals surface area contributed by atoms with E-state index >= 15 is 0 Å². The molecule has 0 unspecified atom stereocenters. The Hall–Kier alpha value is -4.05. The quantitative estimate of drug-likeness (QED) is 0.481. The minimum atomic E-state index is -0.761. The van der Waals surface area contributed by atoms with Crippen LogP contribution in [-0.4, -0.2) is 34.5 Å². The number of carbonyl (C=O) groups is 3. The highest BCUT2D eigenvalue weighted by atomic mass is 32.1. The molecule has 10 heteroatoms. The number of rotatable bonds is 8. The summed E-state index contributed by atoms with van der Waals surface area (Å²) in [5.41, 5.74) is 8.53. The van der Waals surface area contributed by atoms with Crippen LogP contribution in [0.1, 0.15) is 22.7 Å². The minimum absolute atomic E-state index is 0.0600. The van der Waals surface area contributed by atoms with Crippen molar-refractivity contribution in [3.8, 4) is 0 Å². The van der Waals surface area contributed by atoms with Crippen molar-refractivity contribution in [3.63, 3.8) is 0 Å². The highest BCUT2D eigenvalue weighted by Crippen LogP contribution is 2.25. The molecule has 2 aromatic carbocycles. The fourth-order valence-electron chi connectivity index (χ4n) is 3.44. The lowest BCUT2D eigenvalue weighted by Gasteiger charge is -2.20. The number of benzene rings is 2. The van der Waals surface area contributed by atoms with Gasteiger partial charge in [0.15, 0.2) is 0 Å². The SMILES string of the molecule is Cc1ccccc1NC(=O)Cc1nc(COC(=O)C2=NN(c3ccccc3)[C@@H](C(N)=O)C2)cs1. The van der Waals surface area contributed by atoms with Crippen LogP contribution in [0.4, 0.5) is 11.4 Å². The number of hydrazone groups is 1. The Kier molecular flexibility index (Phi) is 6.98. The summed E-state index contributed by atoms with van der Waals surface area (Å²) in [5.74, 6) is -1.40. The fourth-order valence-corrected chi connectivity index (χ4v) is 4.22. The van der Waals surface area contributed by atoms with Crippen LogP contribution in [0.25, 0.3) is 0 Å². The molecule has 3 N–H and O–H groups in total. The van der Waals surface area contributed by atoms with E-state index in [0.717, 1.165) is 11.3 Å². The van der Waals surface area contributed by atoms with Crippen molar-refractivity contribution in [2.24, 2.45) is 10.8 Å². The molecule has 3 aromatic rings. The highest BCUT2D eigenvalue weighted by Gasteiger charge is 2.35. The van der Waals surface area contributed by atoms with Crippen LogP contribution in [0.2, 0.25) is 0 Å². The molecule has 34 heavy (non-hydrogen) atoms. The number of nitrogens with one attached hydrogen (secondary N) is 1. The third-order valence-corrected chi connectivity index (χ3v) is 6.07. The first-order valence-corrected chi connectivity index (χ1v) is 11.5. The van der Waals surface area contributed by atoms with E-state index in [1.165, 1.54) is 16.3 Å². The highest BCUT2D eigenvalue weighted by molar-refractivity contribution is 7.09. The van der Waals surface area contributed by atoms with Gasteiger partial charge in [0.25, 0.3) is 0 Å². The number of para-hydroxylation sites is 2. The van der Waals surface area contributed by atoms with Crippen LogP contribution >= 0.6 is 11.3 Å². The zero-order valence-corrected chi connectivity index (χ0v) is 19.2. The molecule has 1 aliphatic heterocycles. The van der Waals surface area contributed by atoms with Gasteiger partial charge in [-0.2, -0.15) is 5.10 Å². The molecule has 0 aliphatic carbocycles. The van der Waals surface area contributed by atoms with Gasteiger partial charge in [-0.05, 0) is 30.7 Å². The van der Waals surface area contributed by atoms with Gasteiger partial charge in [-0.1, -0.05) is 36.4 Å². The molecule has 174 valence electrons. The van der Waals surface area contributed by atoms with Crippen LogP contribution in [-0.2, 0) is 32.1 Å².